The van der Waals surface area contributed by atoms with Crippen LogP contribution >= 0.6 is 0 Å². The first kappa shape index (κ1) is 11.3. The fraction of sp³-hybridized carbons (Fsp3) is 0.273. The first-order valence-electron chi connectivity index (χ1n) is 5.42. The zero-order valence-electron chi connectivity index (χ0n) is 9.26. The summed E-state index contributed by atoms with van der Waals surface area (Å²) in [5.41, 5.74) is 1.27. The molecule has 2 N–H and O–H groups in total. The SMILES string of the molecule is O=C(NCCCc1ccccc1)c1nn[nH]n1. The molecule has 6 nitrogen and oxygen atoms in total. The van der Waals surface area contributed by atoms with Crippen LogP contribution in [0.3, 0.4) is 0 Å². The number of amides is 1. The molecule has 0 atom stereocenters. The van der Waals surface area contributed by atoms with Gasteiger partial charge in [-0.25, -0.2) is 0 Å². The van der Waals surface area contributed by atoms with Crippen molar-refractivity contribution in [2.75, 3.05) is 6.54 Å². The number of rotatable bonds is 5. The minimum absolute atomic E-state index is 0.0738. The highest BCUT2D eigenvalue weighted by Gasteiger charge is 2.08. The summed E-state index contributed by atoms with van der Waals surface area (Å²) in [6.45, 7) is 0.599. The van der Waals surface area contributed by atoms with Gasteiger partial charge in [-0.1, -0.05) is 30.3 Å². The van der Waals surface area contributed by atoms with Crippen LogP contribution < -0.4 is 5.32 Å². The molecule has 0 saturated heterocycles. The van der Waals surface area contributed by atoms with Crippen molar-refractivity contribution in [2.24, 2.45) is 0 Å². The monoisotopic (exact) mass is 231 g/mol. The summed E-state index contributed by atoms with van der Waals surface area (Å²) in [6.07, 6.45) is 1.82. The van der Waals surface area contributed by atoms with Crippen LogP contribution in [0.2, 0.25) is 0 Å². The Morgan fingerprint density at radius 1 is 1.29 bits per heavy atom. The highest BCUT2D eigenvalue weighted by Crippen LogP contribution is 2.01. The number of hydrogen-bond acceptors (Lipinski definition) is 4. The molecule has 0 spiro atoms. The first-order chi connectivity index (χ1) is 8.36. The average molecular weight is 231 g/mol. The van der Waals surface area contributed by atoms with E-state index in [9.17, 15) is 4.79 Å². The zero-order chi connectivity index (χ0) is 11.9. The fourth-order valence-electron chi connectivity index (χ4n) is 1.48. The molecule has 0 aliphatic rings. The van der Waals surface area contributed by atoms with E-state index in [2.05, 4.69) is 38.1 Å². The van der Waals surface area contributed by atoms with Gasteiger partial charge in [0.2, 0.25) is 0 Å². The molecule has 0 bridgehead atoms. The second-order valence-corrected chi connectivity index (χ2v) is 3.58. The summed E-state index contributed by atoms with van der Waals surface area (Å²) in [6, 6.07) is 10.1. The third-order valence-electron chi connectivity index (χ3n) is 2.32. The van der Waals surface area contributed by atoms with Crippen molar-refractivity contribution in [3.05, 3.63) is 41.7 Å². The van der Waals surface area contributed by atoms with Gasteiger partial charge in [0.15, 0.2) is 0 Å². The number of aryl methyl sites for hydroxylation is 1. The normalized spacial score (nSPS) is 10.1. The van der Waals surface area contributed by atoms with E-state index in [-0.39, 0.29) is 11.7 Å². The number of nitrogens with one attached hydrogen (secondary N) is 2. The molecule has 6 heteroatoms. The molecule has 17 heavy (non-hydrogen) atoms. The van der Waals surface area contributed by atoms with E-state index in [0.717, 1.165) is 12.8 Å². The molecule has 1 amide bonds. The van der Waals surface area contributed by atoms with Crippen molar-refractivity contribution < 1.29 is 4.79 Å². The molecule has 1 aromatic carbocycles. The molecule has 1 aromatic heterocycles. The van der Waals surface area contributed by atoms with Crippen LogP contribution in [0.5, 0.6) is 0 Å². The first-order valence-corrected chi connectivity index (χ1v) is 5.42. The van der Waals surface area contributed by atoms with Crippen molar-refractivity contribution in [3.63, 3.8) is 0 Å². The molecule has 2 aromatic rings. The van der Waals surface area contributed by atoms with Gasteiger partial charge in [0, 0.05) is 6.54 Å². The van der Waals surface area contributed by atoms with Crippen molar-refractivity contribution in [1.82, 2.24) is 25.9 Å². The lowest BCUT2D eigenvalue weighted by atomic mass is 10.1. The summed E-state index contributed by atoms with van der Waals surface area (Å²) < 4.78 is 0. The van der Waals surface area contributed by atoms with Crippen LogP contribution in [0.4, 0.5) is 0 Å². The van der Waals surface area contributed by atoms with Crippen molar-refractivity contribution in [3.8, 4) is 0 Å². The van der Waals surface area contributed by atoms with Gasteiger partial charge in [-0.15, -0.1) is 10.2 Å². The molecule has 0 fully saturated rings. The highest BCUT2D eigenvalue weighted by atomic mass is 16.2. The number of carbonyl (C=O) groups is 1. The van der Waals surface area contributed by atoms with Crippen LogP contribution in [0.25, 0.3) is 0 Å². The van der Waals surface area contributed by atoms with E-state index in [1.807, 2.05) is 18.2 Å². The van der Waals surface area contributed by atoms with Gasteiger partial charge in [0.25, 0.3) is 11.7 Å². The molecule has 1 heterocycles. The Bertz CT molecular complexity index is 454. The quantitative estimate of drug-likeness (QED) is 0.736. The van der Waals surface area contributed by atoms with E-state index in [4.69, 9.17) is 0 Å². The van der Waals surface area contributed by atoms with E-state index < -0.39 is 0 Å². The topological polar surface area (TPSA) is 83.6 Å². The lowest BCUT2D eigenvalue weighted by Crippen LogP contribution is -2.25. The van der Waals surface area contributed by atoms with Crippen molar-refractivity contribution >= 4 is 5.91 Å². The minimum Gasteiger partial charge on any atom is -0.349 e. The third kappa shape index (κ3) is 3.37. The van der Waals surface area contributed by atoms with Crippen LogP contribution in [-0.4, -0.2) is 33.1 Å². The fourth-order valence-corrected chi connectivity index (χ4v) is 1.48. The maximum absolute atomic E-state index is 11.4. The Kier molecular flexibility index (Phi) is 3.80. The molecule has 0 unspecified atom stereocenters. The maximum atomic E-state index is 11.4. The molecule has 88 valence electrons. The van der Waals surface area contributed by atoms with Crippen LogP contribution in [0.1, 0.15) is 22.6 Å². The molecule has 0 aliphatic heterocycles. The Morgan fingerprint density at radius 3 is 2.82 bits per heavy atom. The van der Waals surface area contributed by atoms with Gasteiger partial charge >= 0.3 is 0 Å². The van der Waals surface area contributed by atoms with E-state index in [1.54, 1.807) is 0 Å². The molecular weight excluding hydrogens is 218 g/mol. The second kappa shape index (κ2) is 5.74. The minimum atomic E-state index is -0.299. The number of tetrazole rings is 1. The standard InChI is InChI=1S/C11H13N5O/c17-11(10-13-15-16-14-10)12-8-4-7-9-5-2-1-3-6-9/h1-3,5-6H,4,7-8H2,(H,12,17)(H,13,14,15,16). The highest BCUT2D eigenvalue weighted by molar-refractivity contribution is 5.89. The van der Waals surface area contributed by atoms with E-state index in [1.165, 1.54) is 5.56 Å². The Labute approximate surface area is 98.4 Å². The molecule has 0 radical (unpaired) electrons. The van der Waals surface area contributed by atoms with Gasteiger partial charge in [-0.2, -0.15) is 5.21 Å². The van der Waals surface area contributed by atoms with Gasteiger partial charge in [-0.05, 0) is 23.6 Å². The second-order valence-electron chi connectivity index (χ2n) is 3.58. The van der Waals surface area contributed by atoms with Gasteiger partial charge in [0.05, 0.1) is 0 Å². The van der Waals surface area contributed by atoms with E-state index >= 15 is 0 Å². The molecule has 0 saturated carbocycles. The predicted molar refractivity (Wildman–Crippen MR) is 61.3 cm³/mol. The molecule has 2 rings (SSSR count). The number of carbonyl (C=O) groups excluding carboxylic acids is 1. The number of hydrogen-bond donors (Lipinski definition) is 2. The summed E-state index contributed by atoms with van der Waals surface area (Å²) in [4.78, 5) is 11.4. The number of nitrogens with zero attached hydrogens (tertiary/aromatic N) is 3. The largest absolute Gasteiger partial charge is 0.349 e. The number of benzene rings is 1. The van der Waals surface area contributed by atoms with Crippen LogP contribution in [0.15, 0.2) is 30.3 Å². The Balaban J connectivity index is 1.69. The van der Waals surface area contributed by atoms with Crippen molar-refractivity contribution in [1.29, 1.82) is 0 Å². The molecular formula is C11H13N5O. The van der Waals surface area contributed by atoms with Crippen LogP contribution in [-0.2, 0) is 6.42 Å². The summed E-state index contributed by atoms with van der Waals surface area (Å²) in [7, 11) is 0. The number of aromatic nitrogens is 4. The zero-order valence-corrected chi connectivity index (χ0v) is 9.26. The van der Waals surface area contributed by atoms with Crippen molar-refractivity contribution in [2.45, 2.75) is 12.8 Å². The molecule has 0 aliphatic carbocycles. The lowest BCUT2D eigenvalue weighted by molar-refractivity contribution is 0.0943. The number of H-pyrrole nitrogens is 1. The van der Waals surface area contributed by atoms with Gasteiger partial charge < -0.3 is 5.32 Å². The lowest BCUT2D eigenvalue weighted by Gasteiger charge is -2.02. The van der Waals surface area contributed by atoms with Crippen LogP contribution in [0, 0.1) is 0 Å². The van der Waals surface area contributed by atoms with E-state index in [0.29, 0.717) is 6.54 Å². The predicted octanol–water partition coefficient (Wildman–Crippen LogP) is 0.562. The summed E-state index contributed by atoms with van der Waals surface area (Å²) >= 11 is 0. The third-order valence-corrected chi connectivity index (χ3v) is 2.32. The van der Waals surface area contributed by atoms with Gasteiger partial charge in [0.1, 0.15) is 0 Å². The Hall–Kier alpha value is -2.24. The summed E-state index contributed by atoms with van der Waals surface area (Å²) in [5, 5.41) is 15.5. The average Bonchev–Trinajstić information content (AvgIpc) is 2.89. The maximum Gasteiger partial charge on any atom is 0.292 e. The summed E-state index contributed by atoms with van der Waals surface area (Å²) in [5.74, 6) is -0.225. The van der Waals surface area contributed by atoms with Gasteiger partial charge in [-0.3, -0.25) is 4.79 Å². The smallest absolute Gasteiger partial charge is 0.292 e. The number of aromatic amines is 1. The Morgan fingerprint density at radius 2 is 2.12 bits per heavy atom.